The van der Waals surface area contributed by atoms with Crippen molar-refractivity contribution in [1.82, 2.24) is 9.78 Å². The Balaban J connectivity index is 2.66. The molecule has 0 saturated heterocycles. The van der Waals surface area contributed by atoms with Crippen molar-refractivity contribution in [2.24, 2.45) is 0 Å². The summed E-state index contributed by atoms with van der Waals surface area (Å²) in [4.78, 5) is 10.5. The molecule has 19 heavy (non-hydrogen) atoms. The quantitative estimate of drug-likeness (QED) is 0.681. The van der Waals surface area contributed by atoms with Crippen molar-refractivity contribution in [2.75, 3.05) is 5.73 Å². The van der Waals surface area contributed by atoms with E-state index in [-0.39, 0.29) is 23.1 Å². The second kappa shape index (κ2) is 4.68. The summed E-state index contributed by atoms with van der Waals surface area (Å²) < 4.78 is 14.4. The van der Waals surface area contributed by atoms with Gasteiger partial charge in [0.05, 0.1) is 10.6 Å². The van der Waals surface area contributed by atoms with E-state index in [9.17, 15) is 14.5 Å². The molecule has 0 saturated carbocycles. The first kappa shape index (κ1) is 13.0. The number of halogens is 1. The van der Waals surface area contributed by atoms with Crippen LogP contribution < -0.4 is 5.73 Å². The minimum Gasteiger partial charge on any atom is -0.378 e. The van der Waals surface area contributed by atoms with Crippen molar-refractivity contribution in [3.8, 4) is 5.69 Å². The minimum absolute atomic E-state index is 0.0979. The zero-order valence-electron chi connectivity index (χ0n) is 10.5. The summed E-state index contributed by atoms with van der Waals surface area (Å²) in [5, 5.41) is 15.2. The molecular weight excluding hydrogens is 251 g/mol. The Bertz CT molecular complexity index is 637. The first-order valence-electron chi connectivity index (χ1n) is 5.70. The Labute approximate surface area is 108 Å². The summed E-state index contributed by atoms with van der Waals surface area (Å²) in [6.07, 6.45) is 0. The topological polar surface area (TPSA) is 87.0 Å². The Morgan fingerprint density at radius 2 is 2.16 bits per heavy atom. The Morgan fingerprint density at radius 1 is 1.47 bits per heavy atom. The van der Waals surface area contributed by atoms with Crippen molar-refractivity contribution < 1.29 is 9.31 Å². The fourth-order valence-electron chi connectivity index (χ4n) is 1.82. The third-order valence-electron chi connectivity index (χ3n) is 2.70. The van der Waals surface area contributed by atoms with E-state index in [1.54, 1.807) is 19.9 Å². The number of benzene rings is 1. The lowest BCUT2D eigenvalue weighted by molar-refractivity contribution is -0.384. The van der Waals surface area contributed by atoms with Crippen molar-refractivity contribution in [3.63, 3.8) is 0 Å². The van der Waals surface area contributed by atoms with Crippen molar-refractivity contribution in [3.05, 3.63) is 45.9 Å². The van der Waals surface area contributed by atoms with Gasteiger partial charge in [0.1, 0.15) is 11.5 Å². The molecule has 2 rings (SSSR count). The number of nitrogens with zero attached hydrogens (tertiary/aromatic N) is 3. The van der Waals surface area contributed by atoms with Gasteiger partial charge in [-0.25, -0.2) is 9.07 Å². The van der Waals surface area contributed by atoms with Crippen LogP contribution in [0.3, 0.4) is 0 Å². The van der Waals surface area contributed by atoms with Crippen molar-refractivity contribution >= 4 is 11.5 Å². The second-order valence-electron chi connectivity index (χ2n) is 4.42. The average Bonchev–Trinajstić information content (AvgIpc) is 2.67. The van der Waals surface area contributed by atoms with Gasteiger partial charge in [0.15, 0.2) is 0 Å². The smallest absolute Gasteiger partial charge is 0.334 e. The van der Waals surface area contributed by atoms with Gasteiger partial charge >= 0.3 is 5.69 Å². The van der Waals surface area contributed by atoms with Gasteiger partial charge in [-0.15, -0.1) is 0 Å². The van der Waals surface area contributed by atoms with Crippen LogP contribution in [0.5, 0.6) is 0 Å². The molecule has 0 spiro atoms. The molecule has 2 N–H and O–H groups in total. The molecule has 1 heterocycles. The number of rotatable bonds is 3. The monoisotopic (exact) mass is 264 g/mol. The molecule has 100 valence electrons. The normalized spacial score (nSPS) is 10.9. The summed E-state index contributed by atoms with van der Waals surface area (Å²) in [6.45, 7) is 3.56. The van der Waals surface area contributed by atoms with Gasteiger partial charge in [0, 0.05) is 5.92 Å². The van der Waals surface area contributed by atoms with Crippen LogP contribution in [0.4, 0.5) is 15.9 Å². The molecule has 0 amide bonds. The summed E-state index contributed by atoms with van der Waals surface area (Å²) >= 11 is 0. The summed E-state index contributed by atoms with van der Waals surface area (Å²) in [5.74, 6) is -0.710. The number of hydrogen-bond acceptors (Lipinski definition) is 4. The van der Waals surface area contributed by atoms with Crippen LogP contribution in [-0.4, -0.2) is 14.7 Å². The molecule has 1 aromatic carbocycles. The van der Waals surface area contributed by atoms with Crippen molar-refractivity contribution in [2.45, 2.75) is 19.8 Å². The number of hydrogen-bond donors (Lipinski definition) is 1. The highest BCUT2D eigenvalue weighted by atomic mass is 19.1. The van der Waals surface area contributed by atoms with Gasteiger partial charge in [-0.1, -0.05) is 19.9 Å². The standard InChI is InChI=1S/C12H13FN4O2/c1-7(2)10-11(17(18)19)12(14)16(15-10)9-5-3-4-8(13)6-9/h3-7H,14H2,1-2H3. The van der Waals surface area contributed by atoms with Crippen molar-refractivity contribution in [1.29, 1.82) is 0 Å². The molecule has 0 radical (unpaired) electrons. The van der Waals surface area contributed by atoms with Crippen LogP contribution in [0.25, 0.3) is 5.69 Å². The second-order valence-corrected chi connectivity index (χ2v) is 4.42. The van der Waals surface area contributed by atoms with Crippen LogP contribution in [0.1, 0.15) is 25.5 Å². The van der Waals surface area contributed by atoms with Crippen LogP contribution in [0.15, 0.2) is 24.3 Å². The molecule has 0 unspecified atom stereocenters. The van der Waals surface area contributed by atoms with E-state index in [1.165, 1.54) is 22.9 Å². The van der Waals surface area contributed by atoms with Gasteiger partial charge in [-0.3, -0.25) is 10.1 Å². The van der Waals surface area contributed by atoms with E-state index < -0.39 is 10.7 Å². The molecule has 2 aromatic rings. The highest BCUT2D eigenvalue weighted by Crippen LogP contribution is 2.32. The first-order chi connectivity index (χ1) is 8.91. The molecule has 0 aliphatic heterocycles. The lowest BCUT2D eigenvalue weighted by Crippen LogP contribution is -2.03. The number of anilines is 1. The van der Waals surface area contributed by atoms with E-state index in [0.29, 0.717) is 5.69 Å². The van der Waals surface area contributed by atoms with Crippen LogP contribution in [-0.2, 0) is 0 Å². The number of nitrogen functional groups attached to an aromatic ring is 1. The molecular formula is C12H13FN4O2. The largest absolute Gasteiger partial charge is 0.378 e. The number of nitro groups is 1. The van der Waals surface area contributed by atoms with E-state index in [0.717, 1.165) is 0 Å². The molecule has 0 atom stereocenters. The van der Waals surface area contributed by atoms with Gasteiger partial charge in [0.25, 0.3) is 0 Å². The maximum atomic E-state index is 13.2. The first-order valence-corrected chi connectivity index (χ1v) is 5.70. The Hall–Kier alpha value is -2.44. The summed E-state index contributed by atoms with van der Waals surface area (Å²) in [6, 6.07) is 5.57. The molecule has 0 aliphatic rings. The summed E-state index contributed by atoms with van der Waals surface area (Å²) in [5.41, 5.74) is 6.18. The molecule has 1 aromatic heterocycles. The van der Waals surface area contributed by atoms with Gasteiger partial charge in [-0.2, -0.15) is 5.10 Å². The Kier molecular flexibility index (Phi) is 3.20. The van der Waals surface area contributed by atoms with E-state index in [2.05, 4.69) is 5.10 Å². The zero-order chi connectivity index (χ0) is 14.2. The van der Waals surface area contributed by atoms with E-state index >= 15 is 0 Å². The van der Waals surface area contributed by atoms with Gasteiger partial charge in [-0.05, 0) is 18.2 Å². The molecule has 0 aliphatic carbocycles. The van der Waals surface area contributed by atoms with Gasteiger partial charge in [0.2, 0.25) is 5.82 Å². The van der Waals surface area contributed by atoms with Crippen LogP contribution in [0.2, 0.25) is 0 Å². The lowest BCUT2D eigenvalue weighted by atomic mass is 10.1. The predicted octanol–water partition coefficient (Wildman–Crippen LogP) is 2.63. The molecule has 0 bridgehead atoms. The van der Waals surface area contributed by atoms with Crippen LogP contribution in [0, 0.1) is 15.9 Å². The number of nitrogens with two attached hydrogens (primary N) is 1. The fourth-order valence-corrected chi connectivity index (χ4v) is 1.82. The molecule has 7 heteroatoms. The summed E-state index contributed by atoms with van der Waals surface area (Å²) in [7, 11) is 0. The SMILES string of the molecule is CC(C)c1nn(-c2cccc(F)c2)c(N)c1[N+](=O)[O-]. The number of aromatic nitrogens is 2. The maximum Gasteiger partial charge on any atom is 0.334 e. The fraction of sp³-hybridized carbons (Fsp3) is 0.250. The van der Waals surface area contributed by atoms with Gasteiger partial charge < -0.3 is 5.73 Å². The minimum atomic E-state index is -0.562. The predicted molar refractivity (Wildman–Crippen MR) is 68.7 cm³/mol. The molecule has 6 nitrogen and oxygen atoms in total. The highest BCUT2D eigenvalue weighted by Gasteiger charge is 2.28. The van der Waals surface area contributed by atoms with E-state index in [4.69, 9.17) is 5.73 Å². The maximum absolute atomic E-state index is 13.2. The van der Waals surface area contributed by atoms with E-state index in [1.807, 2.05) is 0 Å². The van der Waals surface area contributed by atoms with Crippen LogP contribution >= 0.6 is 0 Å². The average molecular weight is 264 g/mol. The third-order valence-corrected chi connectivity index (χ3v) is 2.70. The third kappa shape index (κ3) is 2.26. The Morgan fingerprint density at radius 3 is 2.63 bits per heavy atom. The zero-order valence-corrected chi connectivity index (χ0v) is 10.5. The highest BCUT2D eigenvalue weighted by molar-refractivity contribution is 5.60. The molecule has 0 fully saturated rings. The lowest BCUT2D eigenvalue weighted by Gasteiger charge is -2.02.